The third kappa shape index (κ3) is 7.49. The average molecular weight is 387 g/mol. The molecular weight excluding hydrogens is 373 g/mol. The maximum Gasteiger partial charge on any atom is 0.573 e. The first-order valence-electron chi connectivity index (χ1n) is 5.91. The molecule has 0 heterocycles. The van der Waals surface area contributed by atoms with Crippen molar-refractivity contribution in [3.8, 4) is 5.75 Å². The highest BCUT2D eigenvalue weighted by molar-refractivity contribution is 9.10. The molecule has 0 radical (unpaired) electrons. The number of ether oxygens (including phenoxy) is 2. The summed E-state index contributed by atoms with van der Waals surface area (Å²) >= 11 is 8.10. The molecule has 0 aliphatic rings. The molecule has 0 fully saturated rings. The van der Waals surface area contributed by atoms with E-state index in [1.807, 2.05) is 0 Å². The van der Waals surface area contributed by atoms with Gasteiger partial charge in [0.25, 0.3) is 0 Å². The zero-order valence-corrected chi connectivity index (χ0v) is 13.5. The summed E-state index contributed by atoms with van der Waals surface area (Å²) < 4.78 is 46.3. The van der Waals surface area contributed by atoms with Gasteiger partial charge in [-0.05, 0) is 36.8 Å². The second-order valence-electron chi connectivity index (χ2n) is 3.92. The Labute approximate surface area is 134 Å². The first-order chi connectivity index (χ1) is 9.81. The Morgan fingerprint density at radius 3 is 2.71 bits per heavy atom. The standard InChI is InChI=1S/C12H14BrF3N2O2S/c1-19-6-2-5-17-11(21)18-9-4-3-8(13)7-10(9)20-12(14,15)16/h3-4,7H,2,5-6H2,1H3,(H2,17,18,21). The number of hydrogen-bond acceptors (Lipinski definition) is 3. The number of hydrogen-bond donors (Lipinski definition) is 2. The van der Waals surface area contributed by atoms with Crippen LogP contribution in [0.15, 0.2) is 22.7 Å². The molecule has 9 heteroatoms. The summed E-state index contributed by atoms with van der Waals surface area (Å²) in [5, 5.41) is 5.74. The monoisotopic (exact) mass is 386 g/mol. The Kier molecular flexibility index (Phi) is 7.20. The molecule has 21 heavy (non-hydrogen) atoms. The Hall–Kier alpha value is -1.06. The lowest BCUT2D eigenvalue weighted by Gasteiger charge is -2.16. The van der Waals surface area contributed by atoms with Crippen LogP contribution in [0.25, 0.3) is 0 Å². The van der Waals surface area contributed by atoms with Crippen molar-refractivity contribution in [1.29, 1.82) is 0 Å². The van der Waals surface area contributed by atoms with Crippen LogP contribution in [0.4, 0.5) is 18.9 Å². The minimum atomic E-state index is -4.77. The van der Waals surface area contributed by atoms with Gasteiger partial charge >= 0.3 is 6.36 Å². The van der Waals surface area contributed by atoms with Gasteiger partial charge in [0.15, 0.2) is 10.9 Å². The van der Waals surface area contributed by atoms with Gasteiger partial charge in [0.2, 0.25) is 0 Å². The van der Waals surface area contributed by atoms with E-state index in [1.54, 1.807) is 13.2 Å². The van der Waals surface area contributed by atoms with Gasteiger partial charge in [0.05, 0.1) is 5.69 Å². The summed E-state index contributed by atoms with van der Waals surface area (Å²) in [5.74, 6) is -0.363. The molecule has 1 rings (SSSR count). The van der Waals surface area contributed by atoms with Crippen molar-refractivity contribution in [1.82, 2.24) is 5.32 Å². The molecule has 0 spiro atoms. The molecule has 0 aliphatic carbocycles. The lowest BCUT2D eigenvalue weighted by atomic mass is 10.3. The normalized spacial score (nSPS) is 11.1. The van der Waals surface area contributed by atoms with Crippen molar-refractivity contribution in [2.75, 3.05) is 25.6 Å². The largest absolute Gasteiger partial charge is 0.573 e. The average Bonchev–Trinajstić information content (AvgIpc) is 2.36. The van der Waals surface area contributed by atoms with Crippen LogP contribution in [-0.4, -0.2) is 31.7 Å². The third-order valence-electron chi connectivity index (χ3n) is 2.23. The van der Waals surface area contributed by atoms with Crippen molar-refractivity contribution in [2.45, 2.75) is 12.8 Å². The van der Waals surface area contributed by atoms with E-state index in [0.29, 0.717) is 17.6 Å². The van der Waals surface area contributed by atoms with Crippen molar-refractivity contribution < 1.29 is 22.6 Å². The second-order valence-corrected chi connectivity index (χ2v) is 5.24. The molecule has 4 nitrogen and oxygen atoms in total. The molecule has 0 atom stereocenters. The maximum atomic E-state index is 12.4. The molecule has 0 bridgehead atoms. The quantitative estimate of drug-likeness (QED) is 0.576. The van der Waals surface area contributed by atoms with E-state index in [-0.39, 0.29) is 16.5 Å². The zero-order valence-electron chi connectivity index (χ0n) is 11.1. The van der Waals surface area contributed by atoms with E-state index in [9.17, 15) is 13.2 Å². The number of nitrogens with one attached hydrogen (secondary N) is 2. The van der Waals surface area contributed by atoms with Gasteiger partial charge < -0.3 is 20.1 Å². The molecule has 118 valence electrons. The lowest BCUT2D eigenvalue weighted by Crippen LogP contribution is -2.30. The number of alkyl halides is 3. The van der Waals surface area contributed by atoms with Crippen LogP contribution >= 0.6 is 28.1 Å². The first kappa shape index (κ1) is 18.0. The summed E-state index contributed by atoms with van der Waals surface area (Å²) in [6, 6.07) is 4.23. The number of anilines is 1. The van der Waals surface area contributed by atoms with Crippen LogP contribution in [0.2, 0.25) is 0 Å². The van der Waals surface area contributed by atoms with Gasteiger partial charge in [-0.2, -0.15) is 0 Å². The molecule has 0 aliphatic heterocycles. The summed E-state index contributed by atoms with van der Waals surface area (Å²) in [5.41, 5.74) is 0.125. The molecule has 0 saturated heterocycles. The number of halogens is 4. The Bertz CT molecular complexity index is 486. The van der Waals surface area contributed by atoms with E-state index in [4.69, 9.17) is 17.0 Å². The van der Waals surface area contributed by atoms with Gasteiger partial charge in [0, 0.05) is 24.7 Å². The fourth-order valence-corrected chi connectivity index (χ4v) is 1.95. The van der Waals surface area contributed by atoms with Gasteiger partial charge in [-0.25, -0.2) is 0 Å². The molecule has 1 aromatic carbocycles. The summed E-state index contributed by atoms with van der Waals surface area (Å²) in [7, 11) is 1.58. The van der Waals surface area contributed by atoms with Crippen molar-refractivity contribution in [3.63, 3.8) is 0 Å². The van der Waals surface area contributed by atoms with Crippen LogP contribution in [-0.2, 0) is 4.74 Å². The fraction of sp³-hybridized carbons (Fsp3) is 0.417. The number of thiocarbonyl (C=S) groups is 1. The first-order valence-corrected chi connectivity index (χ1v) is 7.11. The van der Waals surface area contributed by atoms with Gasteiger partial charge in [-0.3, -0.25) is 0 Å². The van der Waals surface area contributed by atoms with E-state index < -0.39 is 6.36 Å². The topological polar surface area (TPSA) is 42.5 Å². The minimum absolute atomic E-state index is 0.125. The molecule has 0 saturated carbocycles. The van der Waals surface area contributed by atoms with Gasteiger partial charge in [-0.15, -0.1) is 13.2 Å². The Morgan fingerprint density at radius 2 is 2.10 bits per heavy atom. The molecule has 0 amide bonds. The van der Waals surface area contributed by atoms with E-state index in [1.165, 1.54) is 12.1 Å². The van der Waals surface area contributed by atoms with E-state index >= 15 is 0 Å². The predicted molar refractivity (Wildman–Crippen MR) is 81.5 cm³/mol. The Balaban J connectivity index is 2.67. The van der Waals surface area contributed by atoms with E-state index in [0.717, 1.165) is 6.42 Å². The number of methoxy groups -OCH3 is 1. The van der Waals surface area contributed by atoms with Crippen LogP contribution < -0.4 is 15.4 Å². The molecule has 1 aromatic rings. The molecular formula is C12H14BrF3N2O2S. The molecule has 2 N–H and O–H groups in total. The highest BCUT2D eigenvalue weighted by Gasteiger charge is 2.32. The number of rotatable bonds is 6. The van der Waals surface area contributed by atoms with Crippen molar-refractivity contribution in [3.05, 3.63) is 22.7 Å². The summed E-state index contributed by atoms with van der Waals surface area (Å²) in [6.07, 6.45) is -4.05. The summed E-state index contributed by atoms with van der Waals surface area (Å²) in [6.45, 7) is 1.11. The second kappa shape index (κ2) is 8.40. The van der Waals surface area contributed by atoms with E-state index in [2.05, 4.69) is 31.3 Å². The highest BCUT2D eigenvalue weighted by Crippen LogP contribution is 2.32. The SMILES string of the molecule is COCCCNC(=S)Nc1ccc(Br)cc1OC(F)(F)F. The Morgan fingerprint density at radius 1 is 1.38 bits per heavy atom. The number of benzene rings is 1. The summed E-state index contributed by atoms with van der Waals surface area (Å²) in [4.78, 5) is 0. The van der Waals surface area contributed by atoms with Crippen molar-refractivity contribution >= 4 is 38.9 Å². The third-order valence-corrected chi connectivity index (χ3v) is 2.97. The molecule has 0 aromatic heterocycles. The van der Waals surface area contributed by atoms with Crippen LogP contribution in [0, 0.1) is 0 Å². The zero-order chi connectivity index (χ0) is 15.9. The molecule has 0 unspecified atom stereocenters. The minimum Gasteiger partial charge on any atom is -0.404 e. The van der Waals surface area contributed by atoms with Gasteiger partial charge in [-0.1, -0.05) is 15.9 Å². The predicted octanol–water partition coefficient (Wildman–Crippen LogP) is 3.67. The van der Waals surface area contributed by atoms with Crippen LogP contribution in [0.5, 0.6) is 5.75 Å². The van der Waals surface area contributed by atoms with Crippen molar-refractivity contribution in [2.24, 2.45) is 0 Å². The van der Waals surface area contributed by atoms with Crippen LogP contribution in [0.3, 0.4) is 0 Å². The highest BCUT2D eigenvalue weighted by atomic mass is 79.9. The van der Waals surface area contributed by atoms with Crippen LogP contribution in [0.1, 0.15) is 6.42 Å². The van der Waals surface area contributed by atoms with Gasteiger partial charge in [0.1, 0.15) is 0 Å². The fourth-order valence-electron chi connectivity index (χ4n) is 1.39. The lowest BCUT2D eigenvalue weighted by molar-refractivity contribution is -0.274. The maximum absolute atomic E-state index is 12.4. The smallest absolute Gasteiger partial charge is 0.404 e.